The van der Waals surface area contributed by atoms with Crippen LogP contribution < -0.4 is 16.0 Å². The Morgan fingerprint density at radius 2 is 2.20 bits per heavy atom. The number of nitrogens with zero attached hydrogens (tertiary/aromatic N) is 3. The number of rotatable bonds is 6. The van der Waals surface area contributed by atoms with Crippen LogP contribution in [0.3, 0.4) is 0 Å². The topological polar surface area (TPSA) is 101 Å². The van der Waals surface area contributed by atoms with Crippen molar-refractivity contribution >= 4 is 11.9 Å². The molecular weight excluding hydrogens is 320 g/mol. The Morgan fingerprint density at radius 1 is 1.32 bits per heavy atom. The van der Waals surface area contributed by atoms with Crippen LogP contribution in [0, 0.1) is 0 Å². The lowest BCUT2D eigenvalue weighted by molar-refractivity contribution is 0.0950. The molecule has 0 saturated heterocycles. The maximum Gasteiger partial charge on any atom is 0.315 e. The molecule has 132 valence electrons. The van der Waals surface area contributed by atoms with Crippen LogP contribution in [-0.2, 0) is 19.5 Å². The molecule has 2 aromatic heterocycles. The molecule has 3 N–H and O–H groups in total. The fourth-order valence-corrected chi connectivity index (χ4v) is 2.83. The highest BCUT2D eigenvalue weighted by molar-refractivity contribution is 5.95. The van der Waals surface area contributed by atoms with Crippen molar-refractivity contribution in [2.24, 2.45) is 0 Å². The molecule has 2 aromatic rings. The Labute approximate surface area is 146 Å². The van der Waals surface area contributed by atoms with Crippen molar-refractivity contribution in [2.75, 3.05) is 6.54 Å². The maximum atomic E-state index is 12.4. The first-order valence-corrected chi connectivity index (χ1v) is 8.43. The maximum absolute atomic E-state index is 12.4. The zero-order valence-corrected chi connectivity index (χ0v) is 14.2. The lowest BCUT2D eigenvalue weighted by Gasteiger charge is -2.12. The van der Waals surface area contributed by atoms with E-state index in [4.69, 9.17) is 0 Å². The molecule has 0 fully saturated rings. The number of amides is 3. The van der Waals surface area contributed by atoms with E-state index in [9.17, 15) is 9.59 Å². The molecule has 3 rings (SSSR count). The number of aromatic nitrogens is 3. The molecule has 8 nitrogen and oxygen atoms in total. The molecule has 0 spiro atoms. The number of pyridine rings is 1. The van der Waals surface area contributed by atoms with Crippen molar-refractivity contribution in [1.82, 2.24) is 30.7 Å². The van der Waals surface area contributed by atoms with Crippen LogP contribution in [-0.4, -0.2) is 39.3 Å². The van der Waals surface area contributed by atoms with E-state index in [2.05, 4.69) is 26.0 Å². The molecule has 8 heteroatoms. The first kappa shape index (κ1) is 16.9. The molecule has 0 saturated carbocycles. The van der Waals surface area contributed by atoms with E-state index in [1.165, 1.54) is 0 Å². The highest BCUT2D eigenvalue weighted by Gasteiger charge is 2.28. The number of fused-ring (bicyclic) bond motifs is 1. The summed E-state index contributed by atoms with van der Waals surface area (Å²) >= 11 is 0. The van der Waals surface area contributed by atoms with Crippen LogP contribution in [0.25, 0.3) is 0 Å². The van der Waals surface area contributed by atoms with Crippen molar-refractivity contribution in [3.05, 3.63) is 47.5 Å². The Hall–Kier alpha value is -2.90. The van der Waals surface area contributed by atoms with Gasteiger partial charge in [-0.15, -0.1) is 0 Å². The Morgan fingerprint density at radius 3 is 2.96 bits per heavy atom. The summed E-state index contributed by atoms with van der Waals surface area (Å²) in [5, 5.41) is 12.9. The Kier molecular flexibility index (Phi) is 5.27. The average molecular weight is 342 g/mol. The summed E-state index contributed by atoms with van der Waals surface area (Å²) in [6.07, 6.45) is 6.48. The predicted octanol–water partition coefficient (Wildman–Crippen LogP) is 0.842. The quantitative estimate of drug-likeness (QED) is 0.724. The van der Waals surface area contributed by atoms with E-state index in [1.807, 2.05) is 19.1 Å². The summed E-state index contributed by atoms with van der Waals surface area (Å²) < 4.78 is 1.78. The summed E-state index contributed by atoms with van der Waals surface area (Å²) in [4.78, 5) is 28.2. The van der Waals surface area contributed by atoms with Gasteiger partial charge in [-0.25, -0.2) is 4.79 Å². The van der Waals surface area contributed by atoms with Gasteiger partial charge in [0, 0.05) is 31.9 Å². The monoisotopic (exact) mass is 342 g/mol. The third-order valence-corrected chi connectivity index (χ3v) is 4.07. The first-order chi connectivity index (χ1) is 12.2. The summed E-state index contributed by atoms with van der Waals surface area (Å²) in [6, 6.07) is 3.51. The average Bonchev–Trinajstić information content (AvgIpc) is 3.18. The number of hydrogen-bond acceptors (Lipinski definition) is 4. The fraction of sp³-hybridized carbons (Fsp3) is 0.412. The minimum absolute atomic E-state index is 0.0505. The minimum Gasteiger partial charge on any atom is -0.348 e. The Bertz CT molecular complexity index is 743. The number of hydrogen-bond donors (Lipinski definition) is 3. The van der Waals surface area contributed by atoms with Gasteiger partial charge in [0.15, 0.2) is 0 Å². The molecule has 3 heterocycles. The van der Waals surface area contributed by atoms with E-state index < -0.39 is 0 Å². The van der Waals surface area contributed by atoms with Gasteiger partial charge in [0.1, 0.15) is 0 Å². The molecule has 1 aliphatic rings. The minimum atomic E-state index is -0.180. The standard InChI is InChI=1S/C17H22N6O2/c1-2-5-19-17(25)22-13-7-15-14(10-21-23(15)11-13)16(24)20-9-12-4-3-6-18-8-12/h3-4,6,8,10,13H,2,5,7,9,11H2,1H3,(H,20,24)(H2,19,22,25)/t13-/m0/s1. The number of urea groups is 1. The smallest absolute Gasteiger partial charge is 0.315 e. The lowest BCUT2D eigenvalue weighted by Crippen LogP contribution is -2.43. The van der Waals surface area contributed by atoms with Gasteiger partial charge in [0.2, 0.25) is 0 Å². The molecule has 0 aromatic carbocycles. The second-order valence-electron chi connectivity index (χ2n) is 6.03. The molecule has 25 heavy (non-hydrogen) atoms. The zero-order chi connectivity index (χ0) is 17.6. The Balaban J connectivity index is 1.56. The van der Waals surface area contributed by atoms with Gasteiger partial charge >= 0.3 is 6.03 Å². The van der Waals surface area contributed by atoms with Crippen molar-refractivity contribution in [3.63, 3.8) is 0 Å². The molecule has 0 bridgehead atoms. The van der Waals surface area contributed by atoms with Crippen LogP contribution in [0.5, 0.6) is 0 Å². The molecule has 0 unspecified atom stereocenters. The van der Waals surface area contributed by atoms with E-state index in [0.29, 0.717) is 31.6 Å². The number of nitrogens with one attached hydrogen (secondary N) is 3. The number of carbonyl (C=O) groups is 2. The first-order valence-electron chi connectivity index (χ1n) is 8.43. The van der Waals surface area contributed by atoms with Gasteiger partial charge in [-0.2, -0.15) is 5.10 Å². The molecular formula is C17H22N6O2. The lowest BCUT2D eigenvalue weighted by atomic mass is 10.1. The van der Waals surface area contributed by atoms with Gasteiger partial charge in [0.05, 0.1) is 30.0 Å². The predicted molar refractivity (Wildman–Crippen MR) is 92.0 cm³/mol. The molecule has 0 aliphatic carbocycles. The van der Waals surface area contributed by atoms with Crippen molar-refractivity contribution < 1.29 is 9.59 Å². The van der Waals surface area contributed by atoms with Crippen molar-refractivity contribution in [1.29, 1.82) is 0 Å². The highest BCUT2D eigenvalue weighted by atomic mass is 16.2. The third kappa shape index (κ3) is 4.14. The largest absolute Gasteiger partial charge is 0.348 e. The van der Waals surface area contributed by atoms with Crippen molar-refractivity contribution in [2.45, 2.75) is 38.9 Å². The van der Waals surface area contributed by atoms with Crippen LogP contribution >= 0.6 is 0 Å². The number of carbonyl (C=O) groups excluding carboxylic acids is 2. The third-order valence-electron chi connectivity index (χ3n) is 4.07. The molecule has 1 aliphatic heterocycles. The van der Waals surface area contributed by atoms with E-state index in [1.54, 1.807) is 23.3 Å². The van der Waals surface area contributed by atoms with Gasteiger partial charge in [-0.3, -0.25) is 14.5 Å². The second-order valence-corrected chi connectivity index (χ2v) is 6.03. The molecule has 3 amide bonds. The summed E-state index contributed by atoms with van der Waals surface area (Å²) in [7, 11) is 0. The fourth-order valence-electron chi connectivity index (χ4n) is 2.83. The van der Waals surface area contributed by atoms with Crippen molar-refractivity contribution in [3.8, 4) is 0 Å². The van der Waals surface area contributed by atoms with Gasteiger partial charge in [-0.05, 0) is 18.1 Å². The van der Waals surface area contributed by atoms with Gasteiger partial charge in [0.25, 0.3) is 5.91 Å². The summed E-state index contributed by atoms with van der Waals surface area (Å²) in [5.41, 5.74) is 2.35. The highest BCUT2D eigenvalue weighted by Crippen LogP contribution is 2.19. The van der Waals surface area contributed by atoms with E-state index in [0.717, 1.165) is 17.7 Å². The summed E-state index contributed by atoms with van der Waals surface area (Å²) in [6.45, 7) is 3.64. The van der Waals surface area contributed by atoms with Crippen LogP contribution in [0.1, 0.15) is 35.0 Å². The van der Waals surface area contributed by atoms with Crippen LogP contribution in [0.2, 0.25) is 0 Å². The van der Waals surface area contributed by atoms with Gasteiger partial charge in [-0.1, -0.05) is 13.0 Å². The van der Waals surface area contributed by atoms with Crippen LogP contribution in [0.15, 0.2) is 30.7 Å². The second kappa shape index (κ2) is 7.78. The van der Waals surface area contributed by atoms with Gasteiger partial charge < -0.3 is 16.0 Å². The van der Waals surface area contributed by atoms with E-state index >= 15 is 0 Å². The van der Waals surface area contributed by atoms with E-state index in [-0.39, 0.29) is 18.0 Å². The molecule has 0 radical (unpaired) electrons. The zero-order valence-electron chi connectivity index (χ0n) is 14.2. The normalized spacial score (nSPS) is 15.5. The van der Waals surface area contributed by atoms with Crippen LogP contribution in [0.4, 0.5) is 4.79 Å². The molecule has 1 atom stereocenters. The SMILES string of the molecule is CCCNC(=O)N[C@H]1Cc2c(C(=O)NCc3cccnc3)cnn2C1. The summed E-state index contributed by atoms with van der Waals surface area (Å²) in [5.74, 6) is -0.166.